The zero-order chi connectivity index (χ0) is 14.6. The van der Waals surface area contributed by atoms with Gasteiger partial charge in [0, 0.05) is 12.6 Å². The van der Waals surface area contributed by atoms with Crippen molar-refractivity contribution in [3.05, 3.63) is 65.7 Å². The predicted molar refractivity (Wildman–Crippen MR) is 79.7 cm³/mol. The van der Waals surface area contributed by atoms with E-state index in [1.807, 2.05) is 43.3 Å². The van der Waals surface area contributed by atoms with Gasteiger partial charge in [-0.05, 0) is 30.2 Å². The molecule has 0 amide bonds. The molecule has 0 fully saturated rings. The minimum Gasteiger partial charge on any atom is -0.323 e. The molecular weight excluding hydrogens is 272 g/mol. The zero-order valence-electron chi connectivity index (χ0n) is 11.3. The molecule has 0 aliphatic rings. The van der Waals surface area contributed by atoms with Gasteiger partial charge in [-0.15, -0.1) is 0 Å². The monoisotopic (exact) mass is 290 g/mol. The first kappa shape index (κ1) is 14.7. The molecule has 2 rings (SSSR count). The van der Waals surface area contributed by atoms with Crippen LogP contribution in [0.25, 0.3) is 0 Å². The van der Waals surface area contributed by atoms with Gasteiger partial charge in [0.05, 0.1) is 4.90 Å². The molecular formula is C15H18N2O2S. The van der Waals surface area contributed by atoms with Gasteiger partial charge in [-0.3, -0.25) is 0 Å². The average Bonchev–Trinajstić information content (AvgIpc) is 2.46. The van der Waals surface area contributed by atoms with Gasteiger partial charge in [0.1, 0.15) is 0 Å². The Morgan fingerprint density at radius 2 is 1.80 bits per heavy atom. The van der Waals surface area contributed by atoms with Crippen LogP contribution in [0, 0.1) is 6.92 Å². The quantitative estimate of drug-likeness (QED) is 0.884. The summed E-state index contributed by atoms with van der Waals surface area (Å²) in [4.78, 5) is 0.262. The van der Waals surface area contributed by atoms with Crippen LogP contribution >= 0.6 is 0 Å². The van der Waals surface area contributed by atoms with Crippen molar-refractivity contribution in [3.8, 4) is 0 Å². The van der Waals surface area contributed by atoms with Crippen molar-refractivity contribution in [1.29, 1.82) is 0 Å². The van der Waals surface area contributed by atoms with E-state index in [2.05, 4.69) is 4.72 Å². The molecule has 1 atom stereocenters. The van der Waals surface area contributed by atoms with Gasteiger partial charge in [0.15, 0.2) is 0 Å². The van der Waals surface area contributed by atoms with Crippen LogP contribution in [0.4, 0.5) is 0 Å². The third kappa shape index (κ3) is 3.66. The molecule has 0 bridgehead atoms. The highest BCUT2D eigenvalue weighted by Gasteiger charge is 2.15. The maximum absolute atomic E-state index is 12.2. The van der Waals surface area contributed by atoms with Crippen molar-refractivity contribution < 1.29 is 8.42 Å². The van der Waals surface area contributed by atoms with E-state index in [-0.39, 0.29) is 17.5 Å². The third-order valence-corrected chi connectivity index (χ3v) is 4.44. The molecule has 20 heavy (non-hydrogen) atoms. The van der Waals surface area contributed by atoms with Crippen LogP contribution in [-0.4, -0.2) is 15.0 Å². The van der Waals surface area contributed by atoms with E-state index < -0.39 is 10.0 Å². The number of nitrogens with two attached hydrogens (primary N) is 1. The van der Waals surface area contributed by atoms with Crippen molar-refractivity contribution in [2.24, 2.45) is 5.73 Å². The van der Waals surface area contributed by atoms with E-state index in [9.17, 15) is 8.42 Å². The fraction of sp³-hybridized carbons (Fsp3) is 0.200. The Morgan fingerprint density at radius 1 is 1.10 bits per heavy atom. The molecule has 2 aromatic carbocycles. The number of rotatable bonds is 5. The van der Waals surface area contributed by atoms with Gasteiger partial charge in [0.2, 0.25) is 10.0 Å². The number of nitrogens with one attached hydrogen (secondary N) is 1. The van der Waals surface area contributed by atoms with Crippen LogP contribution in [0.2, 0.25) is 0 Å². The molecule has 4 nitrogen and oxygen atoms in total. The lowest BCUT2D eigenvalue weighted by Crippen LogP contribution is -2.32. The van der Waals surface area contributed by atoms with Gasteiger partial charge >= 0.3 is 0 Å². The van der Waals surface area contributed by atoms with Crippen LogP contribution in [0.3, 0.4) is 0 Å². The van der Waals surface area contributed by atoms with Crippen molar-refractivity contribution >= 4 is 10.0 Å². The van der Waals surface area contributed by atoms with Crippen LogP contribution in [0.1, 0.15) is 17.2 Å². The van der Waals surface area contributed by atoms with E-state index >= 15 is 0 Å². The summed E-state index contributed by atoms with van der Waals surface area (Å²) < 4.78 is 26.9. The van der Waals surface area contributed by atoms with Gasteiger partial charge in [-0.1, -0.05) is 42.5 Å². The number of hydrogen-bond acceptors (Lipinski definition) is 3. The molecule has 0 aliphatic heterocycles. The fourth-order valence-corrected chi connectivity index (χ4v) is 3.05. The highest BCUT2D eigenvalue weighted by molar-refractivity contribution is 7.89. The number of benzene rings is 2. The van der Waals surface area contributed by atoms with Crippen molar-refractivity contribution in [3.63, 3.8) is 0 Å². The number of aryl methyl sites for hydroxylation is 1. The summed E-state index contributed by atoms with van der Waals surface area (Å²) in [7, 11) is -3.52. The summed E-state index contributed by atoms with van der Waals surface area (Å²) in [5.41, 5.74) is 7.79. The summed E-state index contributed by atoms with van der Waals surface area (Å²) in [6, 6.07) is 15.8. The highest BCUT2D eigenvalue weighted by Crippen LogP contribution is 2.13. The molecule has 106 valence electrons. The molecule has 0 radical (unpaired) electrons. The minimum absolute atomic E-state index is 0.167. The zero-order valence-corrected chi connectivity index (χ0v) is 12.1. The number of sulfonamides is 1. The van der Waals surface area contributed by atoms with Crippen LogP contribution < -0.4 is 10.5 Å². The normalized spacial score (nSPS) is 13.1. The molecule has 2 aromatic rings. The summed E-state index contributed by atoms with van der Waals surface area (Å²) in [6.07, 6.45) is 0. The van der Waals surface area contributed by atoms with Crippen molar-refractivity contribution in [2.75, 3.05) is 6.54 Å². The maximum Gasteiger partial charge on any atom is 0.240 e. The Kier molecular flexibility index (Phi) is 4.54. The lowest BCUT2D eigenvalue weighted by Gasteiger charge is -2.13. The smallest absolute Gasteiger partial charge is 0.240 e. The SMILES string of the molecule is Cc1cccc(S(=O)(=O)NC[C@@H](N)c2ccccc2)c1. The largest absolute Gasteiger partial charge is 0.323 e. The Morgan fingerprint density at radius 3 is 2.45 bits per heavy atom. The second kappa shape index (κ2) is 6.17. The molecule has 0 unspecified atom stereocenters. The Bertz CT molecular complexity index is 669. The molecule has 0 saturated carbocycles. The summed E-state index contributed by atoms with van der Waals surface area (Å²) in [5.74, 6) is 0. The van der Waals surface area contributed by atoms with E-state index in [0.717, 1.165) is 11.1 Å². The first-order chi connectivity index (χ1) is 9.49. The molecule has 0 aliphatic carbocycles. The molecule has 0 saturated heterocycles. The fourth-order valence-electron chi connectivity index (χ4n) is 1.88. The van der Waals surface area contributed by atoms with E-state index in [4.69, 9.17) is 5.73 Å². The maximum atomic E-state index is 12.2. The van der Waals surface area contributed by atoms with Crippen molar-refractivity contribution in [2.45, 2.75) is 17.9 Å². The average molecular weight is 290 g/mol. The van der Waals surface area contributed by atoms with Gasteiger partial charge in [-0.2, -0.15) is 0 Å². The van der Waals surface area contributed by atoms with Crippen molar-refractivity contribution in [1.82, 2.24) is 4.72 Å². The third-order valence-electron chi connectivity index (χ3n) is 3.02. The Hall–Kier alpha value is -1.69. The Balaban J connectivity index is 2.07. The van der Waals surface area contributed by atoms with Gasteiger partial charge in [-0.25, -0.2) is 13.1 Å². The second-order valence-corrected chi connectivity index (χ2v) is 6.45. The Labute approximate surface area is 119 Å². The lowest BCUT2D eigenvalue weighted by atomic mass is 10.1. The minimum atomic E-state index is -3.52. The topological polar surface area (TPSA) is 72.2 Å². The van der Waals surface area contributed by atoms with Gasteiger partial charge < -0.3 is 5.73 Å². The summed E-state index contributed by atoms with van der Waals surface area (Å²) in [6.45, 7) is 2.02. The lowest BCUT2D eigenvalue weighted by molar-refractivity contribution is 0.572. The van der Waals surface area contributed by atoms with E-state index in [0.29, 0.717) is 0 Å². The predicted octanol–water partition coefficient (Wildman–Crippen LogP) is 1.97. The standard InChI is InChI=1S/C15H18N2O2S/c1-12-6-5-9-14(10-12)20(18,19)17-11-15(16)13-7-3-2-4-8-13/h2-10,15,17H,11,16H2,1H3/t15-/m1/s1. The molecule has 0 aromatic heterocycles. The van der Waals surface area contributed by atoms with E-state index in [1.165, 1.54) is 0 Å². The van der Waals surface area contributed by atoms with Crippen LogP contribution in [-0.2, 0) is 10.0 Å². The molecule has 5 heteroatoms. The highest BCUT2D eigenvalue weighted by atomic mass is 32.2. The van der Waals surface area contributed by atoms with Gasteiger partial charge in [0.25, 0.3) is 0 Å². The first-order valence-corrected chi connectivity index (χ1v) is 7.84. The number of hydrogen-bond donors (Lipinski definition) is 2. The summed E-state index contributed by atoms with van der Waals surface area (Å²) in [5, 5.41) is 0. The molecule has 0 heterocycles. The van der Waals surface area contributed by atoms with Crippen LogP contribution in [0.15, 0.2) is 59.5 Å². The first-order valence-electron chi connectivity index (χ1n) is 6.36. The molecule has 3 N–H and O–H groups in total. The van der Waals surface area contributed by atoms with Crippen LogP contribution in [0.5, 0.6) is 0 Å². The molecule has 0 spiro atoms. The summed E-state index contributed by atoms with van der Waals surface area (Å²) >= 11 is 0. The van der Waals surface area contributed by atoms with E-state index in [1.54, 1.807) is 18.2 Å². The second-order valence-electron chi connectivity index (χ2n) is 4.69.